The van der Waals surface area contributed by atoms with Crippen LogP contribution in [0.1, 0.15) is 40.3 Å². The molecule has 0 spiro atoms. The van der Waals surface area contributed by atoms with E-state index in [0.29, 0.717) is 64.0 Å². The van der Waals surface area contributed by atoms with Crippen LogP contribution in [0, 0.1) is 17.1 Å². The first-order valence-electron chi connectivity index (χ1n) is 15.1. The molecule has 2 heterocycles. The summed E-state index contributed by atoms with van der Waals surface area (Å²) in [5.74, 6) is 0.807. The van der Waals surface area contributed by atoms with Gasteiger partial charge in [0.1, 0.15) is 43.5 Å². The Labute approximate surface area is 275 Å². The van der Waals surface area contributed by atoms with Gasteiger partial charge in [-0.25, -0.2) is 4.39 Å². The minimum absolute atomic E-state index is 0.0818. The molecule has 10 nitrogen and oxygen atoms in total. The number of benzene rings is 3. The second-order valence-corrected chi connectivity index (χ2v) is 11.9. The summed E-state index contributed by atoms with van der Waals surface area (Å²) < 4.78 is 39.4. The third kappa shape index (κ3) is 6.70. The first-order valence-corrected chi connectivity index (χ1v) is 15.5. The van der Waals surface area contributed by atoms with E-state index in [1.807, 2.05) is 18.2 Å². The third-order valence-corrected chi connectivity index (χ3v) is 8.71. The van der Waals surface area contributed by atoms with Gasteiger partial charge in [-0.1, -0.05) is 29.8 Å². The SMILES string of the molecule is N#Cc1cncc(COc2cc(O[C@H]3CCc4c(-c5ccc6c(c5F)OCCO6)cccc43)c(Cl)cc2CNC(CO)(CO)CO)c1. The minimum atomic E-state index is -1.33. The second-order valence-electron chi connectivity index (χ2n) is 11.5. The molecular weight excluding hydrogens is 629 g/mol. The van der Waals surface area contributed by atoms with Gasteiger partial charge in [-0.05, 0) is 53.8 Å². The van der Waals surface area contributed by atoms with Crippen molar-refractivity contribution in [1.82, 2.24) is 10.3 Å². The number of aliphatic hydroxyl groups excluding tert-OH is 3. The van der Waals surface area contributed by atoms with E-state index < -0.39 is 31.2 Å². The fraction of sp³-hybridized carbons (Fsp3) is 0.314. The van der Waals surface area contributed by atoms with E-state index in [-0.39, 0.29) is 31.6 Å². The van der Waals surface area contributed by atoms with Gasteiger partial charge in [0.15, 0.2) is 17.3 Å². The molecule has 0 amide bonds. The molecule has 4 aromatic rings. The van der Waals surface area contributed by atoms with Crippen molar-refractivity contribution in [2.75, 3.05) is 33.0 Å². The van der Waals surface area contributed by atoms with Crippen molar-refractivity contribution in [3.63, 3.8) is 0 Å². The Balaban J connectivity index is 1.29. The Morgan fingerprint density at radius 1 is 1.02 bits per heavy atom. The molecule has 12 heteroatoms. The molecule has 0 fully saturated rings. The maximum Gasteiger partial charge on any atom is 0.197 e. The molecule has 244 valence electrons. The van der Waals surface area contributed by atoms with Crippen molar-refractivity contribution < 1.29 is 38.7 Å². The average Bonchev–Trinajstić information content (AvgIpc) is 3.53. The summed E-state index contributed by atoms with van der Waals surface area (Å²) in [5.41, 5.74) is 3.38. The summed E-state index contributed by atoms with van der Waals surface area (Å²) in [4.78, 5) is 4.09. The lowest BCUT2D eigenvalue weighted by Crippen LogP contribution is -2.54. The highest BCUT2D eigenvalue weighted by molar-refractivity contribution is 6.32. The third-order valence-electron chi connectivity index (χ3n) is 8.42. The Morgan fingerprint density at radius 3 is 2.62 bits per heavy atom. The fourth-order valence-corrected chi connectivity index (χ4v) is 5.99. The van der Waals surface area contributed by atoms with Crippen LogP contribution >= 0.6 is 11.6 Å². The molecule has 2 aliphatic rings. The number of nitrogens with zero attached hydrogens (tertiary/aromatic N) is 2. The van der Waals surface area contributed by atoms with Crippen LogP contribution in [0.3, 0.4) is 0 Å². The van der Waals surface area contributed by atoms with Crippen molar-refractivity contribution in [2.24, 2.45) is 0 Å². The van der Waals surface area contributed by atoms with Crippen LogP contribution in [0.5, 0.6) is 23.0 Å². The van der Waals surface area contributed by atoms with Gasteiger partial charge in [0.2, 0.25) is 0 Å². The zero-order valence-corrected chi connectivity index (χ0v) is 26.1. The standard InChI is InChI=1S/C35H33ClFN3O7/c36-28-11-23(16-40-35(18-41,19-42)20-43)31(46-17-22-10-21(13-38)14-39-15-22)12-32(28)47-29-6-4-25-24(2-1-3-26(25)29)27-5-7-30-34(33(27)37)45-9-8-44-30/h1-3,5,7,10-12,14-15,29,40-43H,4,6,8-9,16-20H2/t29-/m0/s1. The van der Waals surface area contributed by atoms with Crippen molar-refractivity contribution >= 4 is 11.6 Å². The molecule has 4 N–H and O–H groups in total. The molecule has 0 unspecified atom stereocenters. The molecule has 0 saturated heterocycles. The first-order chi connectivity index (χ1) is 22.9. The number of aliphatic hydroxyl groups is 3. The predicted octanol–water partition coefficient (Wildman–Crippen LogP) is 4.63. The smallest absolute Gasteiger partial charge is 0.197 e. The van der Waals surface area contributed by atoms with Crippen molar-refractivity contribution in [3.05, 3.63) is 99.6 Å². The molecule has 1 aliphatic heterocycles. The number of pyridine rings is 1. The zero-order valence-electron chi connectivity index (χ0n) is 25.3. The summed E-state index contributed by atoms with van der Waals surface area (Å²) in [6.07, 6.45) is 3.96. The van der Waals surface area contributed by atoms with Gasteiger partial charge in [-0.3, -0.25) is 4.98 Å². The molecule has 0 radical (unpaired) electrons. The number of hydrogen-bond donors (Lipinski definition) is 4. The maximum absolute atomic E-state index is 15.6. The summed E-state index contributed by atoms with van der Waals surface area (Å²) in [6, 6.07) is 16.2. The van der Waals surface area contributed by atoms with Gasteiger partial charge in [0.05, 0.1) is 35.9 Å². The van der Waals surface area contributed by atoms with Crippen LogP contribution in [0.2, 0.25) is 5.02 Å². The van der Waals surface area contributed by atoms with Crippen LogP contribution in [-0.4, -0.2) is 58.9 Å². The van der Waals surface area contributed by atoms with E-state index in [4.69, 9.17) is 30.5 Å². The lowest BCUT2D eigenvalue weighted by molar-refractivity contribution is 0.0412. The lowest BCUT2D eigenvalue weighted by atomic mass is 9.96. The number of aromatic nitrogens is 1. The Kier molecular flexibility index (Phi) is 9.77. The highest BCUT2D eigenvalue weighted by Gasteiger charge is 2.31. The average molecular weight is 662 g/mol. The molecule has 6 rings (SSSR count). The minimum Gasteiger partial charge on any atom is -0.488 e. The molecule has 3 aromatic carbocycles. The zero-order chi connectivity index (χ0) is 33.0. The number of hydrogen-bond acceptors (Lipinski definition) is 10. The Morgan fingerprint density at radius 2 is 1.83 bits per heavy atom. The van der Waals surface area contributed by atoms with Crippen LogP contribution in [0.4, 0.5) is 4.39 Å². The first kappa shape index (κ1) is 32.5. The van der Waals surface area contributed by atoms with Gasteiger partial charge in [-0.2, -0.15) is 5.26 Å². The van der Waals surface area contributed by atoms with Crippen molar-refractivity contribution in [1.29, 1.82) is 5.26 Å². The predicted molar refractivity (Wildman–Crippen MR) is 170 cm³/mol. The highest BCUT2D eigenvalue weighted by Crippen LogP contribution is 2.45. The van der Waals surface area contributed by atoms with Gasteiger partial charge in [0.25, 0.3) is 0 Å². The monoisotopic (exact) mass is 661 g/mol. The van der Waals surface area contributed by atoms with E-state index in [1.165, 1.54) is 6.20 Å². The van der Waals surface area contributed by atoms with Gasteiger partial charge < -0.3 is 39.6 Å². The molecule has 47 heavy (non-hydrogen) atoms. The van der Waals surface area contributed by atoms with Gasteiger partial charge in [-0.15, -0.1) is 0 Å². The topological polar surface area (TPSA) is 146 Å². The lowest BCUT2D eigenvalue weighted by Gasteiger charge is -2.29. The van der Waals surface area contributed by atoms with Gasteiger partial charge in [0, 0.05) is 41.7 Å². The largest absolute Gasteiger partial charge is 0.488 e. The molecule has 0 saturated carbocycles. The summed E-state index contributed by atoms with van der Waals surface area (Å²) in [5, 5.41) is 42.0. The molecule has 0 bridgehead atoms. The van der Waals surface area contributed by atoms with Crippen LogP contribution in [-0.2, 0) is 19.6 Å². The van der Waals surface area contributed by atoms with E-state index >= 15 is 4.39 Å². The molecule has 1 aromatic heterocycles. The molecule has 1 aliphatic carbocycles. The number of nitrogens with one attached hydrogen (secondary N) is 1. The van der Waals surface area contributed by atoms with Gasteiger partial charge >= 0.3 is 0 Å². The van der Waals surface area contributed by atoms with Crippen LogP contribution in [0.15, 0.2) is 60.9 Å². The van der Waals surface area contributed by atoms with E-state index in [0.717, 1.165) is 16.7 Å². The number of fused-ring (bicyclic) bond motifs is 2. The normalized spacial score (nSPS) is 15.2. The van der Waals surface area contributed by atoms with Crippen molar-refractivity contribution in [3.8, 4) is 40.2 Å². The number of nitriles is 1. The maximum atomic E-state index is 15.6. The second kappa shape index (κ2) is 14.1. The molecule has 1 atom stereocenters. The summed E-state index contributed by atoms with van der Waals surface area (Å²) >= 11 is 6.75. The Bertz CT molecular complexity index is 1800. The van der Waals surface area contributed by atoms with E-state index in [1.54, 1.807) is 36.5 Å². The summed E-state index contributed by atoms with van der Waals surface area (Å²) in [7, 11) is 0. The highest BCUT2D eigenvalue weighted by atomic mass is 35.5. The van der Waals surface area contributed by atoms with Crippen molar-refractivity contribution in [2.45, 2.75) is 37.6 Å². The number of ether oxygens (including phenoxy) is 4. The number of halogens is 2. The fourth-order valence-electron chi connectivity index (χ4n) is 5.76. The quantitative estimate of drug-likeness (QED) is 0.169. The number of rotatable bonds is 12. The van der Waals surface area contributed by atoms with E-state index in [9.17, 15) is 20.6 Å². The Hall–Kier alpha value is -4.44. The van der Waals surface area contributed by atoms with E-state index in [2.05, 4.69) is 16.4 Å². The van der Waals surface area contributed by atoms with Crippen LogP contribution < -0.4 is 24.3 Å². The van der Waals surface area contributed by atoms with Crippen LogP contribution in [0.25, 0.3) is 11.1 Å². The molecular formula is C35H33ClFN3O7. The summed E-state index contributed by atoms with van der Waals surface area (Å²) in [6.45, 7) is -0.682.